The lowest BCUT2D eigenvalue weighted by atomic mass is 10.2. The zero-order valence-electron chi connectivity index (χ0n) is 9.40. The first-order valence-corrected chi connectivity index (χ1v) is 5.27. The van der Waals surface area contributed by atoms with Gasteiger partial charge in [-0.05, 0) is 25.1 Å². The minimum atomic E-state index is -0.303. The number of hydrogen-bond acceptors (Lipinski definition) is 4. The molecule has 0 radical (unpaired) electrons. The van der Waals surface area contributed by atoms with E-state index in [9.17, 15) is 4.79 Å². The SMILES string of the molecule is CCOC(=O)CC#Cc1ccc2ocnc2c1. The highest BCUT2D eigenvalue weighted by Crippen LogP contribution is 2.13. The topological polar surface area (TPSA) is 52.3 Å². The summed E-state index contributed by atoms with van der Waals surface area (Å²) >= 11 is 0. The van der Waals surface area contributed by atoms with E-state index in [1.54, 1.807) is 13.0 Å². The zero-order valence-corrected chi connectivity index (χ0v) is 9.40. The lowest BCUT2D eigenvalue weighted by molar-refractivity contribution is -0.141. The first-order chi connectivity index (χ1) is 8.29. The molecule has 1 aromatic carbocycles. The molecule has 2 rings (SSSR count). The molecule has 0 atom stereocenters. The molecule has 0 fully saturated rings. The van der Waals surface area contributed by atoms with Crippen LogP contribution in [0.1, 0.15) is 18.9 Å². The number of carbonyl (C=O) groups is 1. The molecule has 0 spiro atoms. The first kappa shape index (κ1) is 11.2. The van der Waals surface area contributed by atoms with Gasteiger partial charge in [0.05, 0.1) is 6.61 Å². The molecule has 17 heavy (non-hydrogen) atoms. The molecule has 2 aromatic rings. The minimum absolute atomic E-state index is 0.102. The predicted molar refractivity (Wildman–Crippen MR) is 62.1 cm³/mol. The number of aromatic nitrogens is 1. The fraction of sp³-hybridized carbons (Fsp3) is 0.231. The van der Waals surface area contributed by atoms with Crippen molar-refractivity contribution in [1.82, 2.24) is 4.98 Å². The second kappa shape index (κ2) is 5.17. The molecule has 0 unspecified atom stereocenters. The molecule has 0 aliphatic rings. The average molecular weight is 229 g/mol. The van der Waals surface area contributed by atoms with Gasteiger partial charge in [0.2, 0.25) is 0 Å². The molecule has 0 aliphatic carbocycles. The molecular weight excluding hydrogens is 218 g/mol. The lowest BCUT2D eigenvalue weighted by Gasteiger charge is -1.94. The quantitative estimate of drug-likeness (QED) is 0.584. The summed E-state index contributed by atoms with van der Waals surface area (Å²) in [4.78, 5) is 15.1. The second-order valence-corrected chi connectivity index (χ2v) is 3.32. The van der Waals surface area contributed by atoms with Crippen molar-refractivity contribution >= 4 is 17.1 Å². The molecule has 86 valence electrons. The molecular formula is C13H11NO3. The number of hydrogen-bond donors (Lipinski definition) is 0. The molecule has 0 N–H and O–H groups in total. The molecule has 0 amide bonds. The summed E-state index contributed by atoms with van der Waals surface area (Å²) in [5.74, 6) is 5.34. The Morgan fingerprint density at radius 2 is 2.41 bits per heavy atom. The number of benzene rings is 1. The Balaban J connectivity index is 2.07. The van der Waals surface area contributed by atoms with Gasteiger partial charge in [0.25, 0.3) is 0 Å². The van der Waals surface area contributed by atoms with Gasteiger partial charge in [-0.25, -0.2) is 4.98 Å². The summed E-state index contributed by atoms with van der Waals surface area (Å²) in [5, 5.41) is 0. The van der Waals surface area contributed by atoms with Gasteiger partial charge in [-0.1, -0.05) is 11.8 Å². The fourth-order valence-corrected chi connectivity index (χ4v) is 1.37. The van der Waals surface area contributed by atoms with Crippen LogP contribution < -0.4 is 0 Å². The largest absolute Gasteiger partial charge is 0.465 e. The van der Waals surface area contributed by atoms with E-state index in [0.717, 1.165) is 16.7 Å². The molecule has 0 saturated carbocycles. The number of nitrogens with zero attached hydrogens (tertiary/aromatic N) is 1. The van der Waals surface area contributed by atoms with E-state index in [2.05, 4.69) is 16.8 Å². The van der Waals surface area contributed by atoms with Gasteiger partial charge >= 0.3 is 5.97 Å². The van der Waals surface area contributed by atoms with E-state index in [0.29, 0.717) is 6.61 Å². The van der Waals surface area contributed by atoms with Crippen molar-refractivity contribution in [2.75, 3.05) is 6.61 Å². The van der Waals surface area contributed by atoms with Crippen LogP contribution in [0.4, 0.5) is 0 Å². The number of oxazole rings is 1. The third-order valence-electron chi connectivity index (χ3n) is 2.10. The molecule has 0 saturated heterocycles. The Hall–Kier alpha value is -2.28. The van der Waals surface area contributed by atoms with Crippen LogP contribution in [-0.4, -0.2) is 17.6 Å². The lowest BCUT2D eigenvalue weighted by Crippen LogP contribution is -2.01. The predicted octanol–water partition coefficient (Wildman–Crippen LogP) is 2.13. The Kier molecular flexibility index (Phi) is 3.41. The van der Waals surface area contributed by atoms with Gasteiger partial charge in [0.1, 0.15) is 11.9 Å². The second-order valence-electron chi connectivity index (χ2n) is 3.32. The number of esters is 1. The van der Waals surface area contributed by atoms with Crippen molar-refractivity contribution in [2.45, 2.75) is 13.3 Å². The Morgan fingerprint density at radius 3 is 3.24 bits per heavy atom. The number of carbonyl (C=O) groups excluding carboxylic acids is 1. The molecule has 1 heterocycles. The Morgan fingerprint density at radius 1 is 1.53 bits per heavy atom. The fourth-order valence-electron chi connectivity index (χ4n) is 1.37. The average Bonchev–Trinajstić information content (AvgIpc) is 2.76. The van der Waals surface area contributed by atoms with Crippen molar-refractivity contribution in [2.24, 2.45) is 0 Å². The summed E-state index contributed by atoms with van der Waals surface area (Å²) in [6.45, 7) is 2.15. The van der Waals surface area contributed by atoms with Gasteiger partial charge in [-0.15, -0.1) is 0 Å². The van der Waals surface area contributed by atoms with E-state index in [4.69, 9.17) is 9.15 Å². The smallest absolute Gasteiger partial charge is 0.317 e. The maximum Gasteiger partial charge on any atom is 0.317 e. The van der Waals surface area contributed by atoms with Crippen molar-refractivity contribution in [3.8, 4) is 11.8 Å². The van der Waals surface area contributed by atoms with Gasteiger partial charge in [-0.2, -0.15) is 0 Å². The van der Waals surface area contributed by atoms with Gasteiger partial charge in [0.15, 0.2) is 12.0 Å². The monoisotopic (exact) mass is 229 g/mol. The third-order valence-corrected chi connectivity index (χ3v) is 2.10. The minimum Gasteiger partial charge on any atom is -0.465 e. The van der Waals surface area contributed by atoms with E-state index >= 15 is 0 Å². The molecule has 0 aliphatic heterocycles. The maximum atomic E-state index is 11.1. The summed E-state index contributed by atoms with van der Waals surface area (Å²) < 4.78 is 9.88. The molecule has 0 bridgehead atoms. The van der Waals surface area contributed by atoms with E-state index in [-0.39, 0.29) is 12.4 Å². The van der Waals surface area contributed by atoms with Crippen molar-refractivity contribution < 1.29 is 13.9 Å². The van der Waals surface area contributed by atoms with Gasteiger partial charge in [0, 0.05) is 5.56 Å². The third kappa shape index (κ3) is 2.85. The van der Waals surface area contributed by atoms with Crippen LogP contribution in [0.2, 0.25) is 0 Å². The normalized spacial score (nSPS) is 9.71. The van der Waals surface area contributed by atoms with Crippen LogP contribution in [0, 0.1) is 11.8 Å². The summed E-state index contributed by atoms with van der Waals surface area (Å²) in [5.41, 5.74) is 2.28. The van der Waals surface area contributed by atoms with Gasteiger partial charge < -0.3 is 9.15 Å². The highest BCUT2D eigenvalue weighted by Gasteiger charge is 1.99. The summed E-state index contributed by atoms with van der Waals surface area (Å²) in [7, 11) is 0. The van der Waals surface area contributed by atoms with Crippen LogP contribution in [0.3, 0.4) is 0 Å². The first-order valence-electron chi connectivity index (χ1n) is 5.27. The van der Waals surface area contributed by atoms with Crippen LogP contribution >= 0.6 is 0 Å². The van der Waals surface area contributed by atoms with Crippen molar-refractivity contribution in [1.29, 1.82) is 0 Å². The molecule has 1 aromatic heterocycles. The number of fused-ring (bicyclic) bond motifs is 1. The Bertz CT molecular complexity index is 589. The van der Waals surface area contributed by atoms with Crippen molar-refractivity contribution in [3.05, 3.63) is 30.2 Å². The van der Waals surface area contributed by atoms with Crippen LogP contribution in [0.15, 0.2) is 29.0 Å². The van der Waals surface area contributed by atoms with E-state index in [1.165, 1.54) is 6.39 Å². The number of rotatable bonds is 2. The highest BCUT2D eigenvalue weighted by atomic mass is 16.5. The van der Waals surface area contributed by atoms with Gasteiger partial charge in [-0.3, -0.25) is 4.79 Å². The number of ether oxygens (including phenoxy) is 1. The van der Waals surface area contributed by atoms with Crippen LogP contribution in [-0.2, 0) is 9.53 Å². The zero-order chi connectivity index (χ0) is 12.1. The standard InChI is InChI=1S/C13H11NO3/c1-2-16-13(15)5-3-4-10-6-7-12-11(8-10)14-9-17-12/h6-9H,2,5H2,1H3. The Labute approximate surface area is 98.6 Å². The summed E-state index contributed by atoms with van der Waals surface area (Å²) in [6, 6.07) is 5.44. The highest BCUT2D eigenvalue weighted by molar-refractivity contribution is 5.75. The summed E-state index contributed by atoms with van der Waals surface area (Å²) in [6.07, 6.45) is 1.49. The van der Waals surface area contributed by atoms with Crippen molar-refractivity contribution in [3.63, 3.8) is 0 Å². The molecule has 4 heteroatoms. The maximum absolute atomic E-state index is 11.1. The molecule has 4 nitrogen and oxygen atoms in total. The van der Waals surface area contributed by atoms with E-state index in [1.807, 2.05) is 12.1 Å². The van der Waals surface area contributed by atoms with Crippen LogP contribution in [0.25, 0.3) is 11.1 Å². The van der Waals surface area contributed by atoms with Crippen LogP contribution in [0.5, 0.6) is 0 Å². The van der Waals surface area contributed by atoms with E-state index < -0.39 is 0 Å².